The van der Waals surface area contributed by atoms with E-state index < -0.39 is 0 Å². The lowest BCUT2D eigenvalue weighted by atomic mass is 10.1. The summed E-state index contributed by atoms with van der Waals surface area (Å²) in [5.74, 6) is 0.00391. The Kier molecular flexibility index (Phi) is 5.18. The van der Waals surface area contributed by atoms with E-state index in [-0.39, 0.29) is 17.6 Å². The topological polar surface area (TPSA) is 59.6 Å². The Morgan fingerprint density at radius 1 is 1.38 bits per heavy atom. The number of amides is 1. The van der Waals surface area contributed by atoms with Crippen molar-refractivity contribution in [3.63, 3.8) is 0 Å². The van der Waals surface area contributed by atoms with Gasteiger partial charge >= 0.3 is 0 Å². The maximum Gasteiger partial charge on any atom is 0.234 e. The number of hydrogen-bond donors (Lipinski definition) is 2. The zero-order valence-corrected chi connectivity index (χ0v) is 10.3. The zero-order chi connectivity index (χ0) is 12.0. The summed E-state index contributed by atoms with van der Waals surface area (Å²) in [4.78, 5) is 11.5. The van der Waals surface area contributed by atoms with E-state index in [4.69, 9.17) is 9.47 Å². The van der Waals surface area contributed by atoms with Gasteiger partial charge < -0.3 is 20.1 Å². The molecule has 1 heterocycles. The van der Waals surface area contributed by atoms with Crippen LogP contribution in [0.3, 0.4) is 0 Å². The van der Waals surface area contributed by atoms with Gasteiger partial charge in [0.05, 0.1) is 32.5 Å². The van der Waals surface area contributed by atoms with Crippen molar-refractivity contribution in [1.82, 2.24) is 10.6 Å². The van der Waals surface area contributed by atoms with Crippen molar-refractivity contribution in [1.29, 1.82) is 0 Å². The van der Waals surface area contributed by atoms with Crippen LogP contribution in [0, 0.1) is 0 Å². The summed E-state index contributed by atoms with van der Waals surface area (Å²) in [5, 5.41) is 5.94. The standard InChI is InChI=1S/C11H22N2O3/c1-11(2,3)13-10(14)7-12-6-9-8-15-4-5-16-9/h9,12H,4-8H2,1-3H3,(H,13,14). The van der Waals surface area contributed by atoms with Crippen molar-refractivity contribution < 1.29 is 14.3 Å². The van der Waals surface area contributed by atoms with Crippen LogP contribution in [-0.2, 0) is 14.3 Å². The van der Waals surface area contributed by atoms with Crippen LogP contribution >= 0.6 is 0 Å². The second kappa shape index (κ2) is 6.18. The molecular formula is C11H22N2O3. The molecule has 0 aromatic heterocycles. The molecule has 1 saturated heterocycles. The summed E-state index contributed by atoms with van der Waals surface area (Å²) in [7, 11) is 0. The highest BCUT2D eigenvalue weighted by Gasteiger charge is 2.16. The molecule has 1 atom stereocenters. The summed E-state index contributed by atoms with van der Waals surface area (Å²) >= 11 is 0. The van der Waals surface area contributed by atoms with Gasteiger partial charge in [-0.25, -0.2) is 0 Å². The van der Waals surface area contributed by atoms with Gasteiger partial charge in [-0.1, -0.05) is 0 Å². The van der Waals surface area contributed by atoms with Crippen molar-refractivity contribution in [2.75, 3.05) is 32.9 Å². The lowest BCUT2D eigenvalue weighted by Crippen LogP contribution is -2.46. The number of hydrogen-bond acceptors (Lipinski definition) is 4. The number of carbonyl (C=O) groups excluding carboxylic acids is 1. The van der Waals surface area contributed by atoms with E-state index in [1.165, 1.54) is 0 Å². The van der Waals surface area contributed by atoms with Gasteiger partial charge in [-0.2, -0.15) is 0 Å². The molecule has 0 bridgehead atoms. The lowest BCUT2D eigenvalue weighted by Gasteiger charge is -2.24. The van der Waals surface area contributed by atoms with Crippen molar-refractivity contribution in [3.05, 3.63) is 0 Å². The van der Waals surface area contributed by atoms with Crippen LogP contribution in [0.15, 0.2) is 0 Å². The molecular weight excluding hydrogens is 208 g/mol. The molecule has 1 unspecified atom stereocenters. The highest BCUT2D eigenvalue weighted by molar-refractivity contribution is 5.78. The highest BCUT2D eigenvalue weighted by Crippen LogP contribution is 1.99. The first-order valence-electron chi connectivity index (χ1n) is 5.68. The second-order valence-electron chi connectivity index (χ2n) is 5.00. The molecule has 5 heteroatoms. The predicted octanol–water partition coefficient (Wildman–Crippen LogP) is -0.0939. The van der Waals surface area contributed by atoms with E-state index in [2.05, 4.69) is 10.6 Å². The van der Waals surface area contributed by atoms with E-state index in [1.807, 2.05) is 20.8 Å². The van der Waals surface area contributed by atoms with Crippen LogP contribution in [0.4, 0.5) is 0 Å². The Labute approximate surface area is 96.9 Å². The lowest BCUT2D eigenvalue weighted by molar-refractivity contribution is -0.122. The molecule has 16 heavy (non-hydrogen) atoms. The minimum atomic E-state index is -0.177. The minimum Gasteiger partial charge on any atom is -0.376 e. The SMILES string of the molecule is CC(C)(C)NC(=O)CNCC1COCCO1. The molecule has 94 valence electrons. The first-order chi connectivity index (χ1) is 7.47. The van der Waals surface area contributed by atoms with Crippen LogP contribution < -0.4 is 10.6 Å². The smallest absolute Gasteiger partial charge is 0.234 e. The highest BCUT2D eigenvalue weighted by atomic mass is 16.6. The Morgan fingerprint density at radius 3 is 2.69 bits per heavy atom. The maximum atomic E-state index is 11.5. The summed E-state index contributed by atoms with van der Waals surface area (Å²) in [5.41, 5.74) is -0.177. The third kappa shape index (κ3) is 6.05. The molecule has 0 saturated carbocycles. The van der Waals surface area contributed by atoms with Gasteiger partial charge in [-0.05, 0) is 20.8 Å². The molecule has 2 N–H and O–H groups in total. The van der Waals surface area contributed by atoms with E-state index >= 15 is 0 Å². The van der Waals surface area contributed by atoms with Gasteiger partial charge in [0, 0.05) is 12.1 Å². The van der Waals surface area contributed by atoms with Gasteiger partial charge in [0.2, 0.25) is 5.91 Å². The third-order valence-corrected chi connectivity index (χ3v) is 2.06. The first kappa shape index (κ1) is 13.4. The van der Waals surface area contributed by atoms with Crippen LogP contribution in [0.25, 0.3) is 0 Å². The molecule has 1 aliphatic heterocycles. The van der Waals surface area contributed by atoms with Crippen molar-refractivity contribution in [2.45, 2.75) is 32.4 Å². The molecule has 0 radical (unpaired) electrons. The Morgan fingerprint density at radius 2 is 2.12 bits per heavy atom. The summed E-state index contributed by atoms with van der Waals surface area (Å²) in [6, 6.07) is 0. The third-order valence-electron chi connectivity index (χ3n) is 2.06. The number of rotatable bonds is 4. The van der Waals surface area contributed by atoms with Crippen molar-refractivity contribution in [3.8, 4) is 0 Å². The van der Waals surface area contributed by atoms with E-state index in [0.717, 1.165) is 0 Å². The van der Waals surface area contributed by atoms with Gasteiger partial charge in [0.25, 0.3) is 0 Å². The molecule has 5 nitrogen and oxygen atoms in total. The largest absolute Gasteiger partial charge is 0.376 e. The number of nitrogens with one attached hydrogen (secondary N) is 2. The number of ether oxygens (including phenoxy) is 2. The van der Waals surface area contributed by atoms with Crippen LogP contribution in [-0.4, -0.2) is 50.5 Å². The molecule has 0 aliphatic carbocycles. The molecule has 1 amide bonds. The molecule has 0 spiro atoms. The fraction of sp³-hybridized carbons (Fsp3) is 0.909. The van der Waals surface area contributed by atoms with Crippen LogP contribution in [0.1, 0.15) is 20.8 Å². The van der Waals surface area contributed by atoms with Gasteiger partial charge in [0.15, 0.2) is 0 Å². The fourth-order valence-electron chi connectivity index (χ4n) is 1.46. The maximum absolute atomic E-state index is 11.5. The zero-order valence-electron chi connectivity index (χ0n) is 10.3. The molecule has 1 rings (SSSR count). The summed E-state index contributed by atoms with van der Waals surface area (Å²) in [6.07, 6.45) is 0.0659. The average Bonchev–Trinajstić information content (AvgIpc) is 2.16. The average molecular weight is 230 g/mol. The second-order valence-corrected chi connectivity index (χ2v) is 5.00. The van der Waals surface area contributed by atoms with E-state index in [9.17, 15) is 4.79 Å². The summed E-state index contributed by atoms with van der Waals surface area (Å²) in [6.45, 7) is 8.76. The van der Waals surface area contributed by atoms with E-state index in [1.54, 1.807) is 0 Å². The molecule has 1 fully saturated rings. The van der Waals surface area contributed by atoms with Crippen LogP contribution in [0.2, 0.25) is 0 Å². The fourth-order valence-corrected chi connectivity index (χ4v) is 1.46. The molecule has 1 aliphatic rings. The van der Waals surface area contributed by atoms with Crippen molar-refractivity contribution >= 4 is 5.91 Å². The van der Waals surface area contributed by atoms with Gasteiger partial charge in [-0.3, -0.25) is 4.79 Å². The van der Waals surface area contributed by atoms with Gasteiger partial charge in [0.1, 0.15) is 0 Å². The number of carbonyl (C=O) groups is 1. The quantitative estimate of drug-likeness (QED) is 0.708. The molecule has 0 aromatic rings. The normalized spacial score (nSPS) is 21.8. The van der Waals surface area contributed by atoms with Gasteiger partial charge in [-0.15, -0.1) is 0 Å². The Balaban J connectivity index is 2.08. The first-order valence-corrected chi connectivity index (χ1v) is 5.68. The van der Waals surface area contributed by atoms with Crippen LogP contribution in [0.5, 0.6) is 0 Å². The summed E-state index contributed by atoms with van der Waals surface area (Å²) < 4.78 is 10.7. The Bertz CT molecular complexity index is 220. The van der Waals surface area contributed by atoms with Crippen molar-refractivity contribution in [2.24, 2.45) is 0 Å². The minimum absolute atomic E-state index is 0.00391. The monoisotopic (exact) mass is 230 g/mol. The Hall–Kier alpha value is -0.650. The van der Waals surface area contributed by atoms with E-state index in [0.29, 0.717) is 32.9 Å². The predicted molar refractivity (Wildman–Crippen MR) is 61.3 cm³/mol. The molecule has 0 aromatic carbocycles.